The van der Waals surface area contributed by atoms with Gasteiger partial charge >= 0.3 is 6.18 Å². The van der Waals surface area contributed by atoms with Crippen molar-refractivity contribution in [1.29, 1.82) is 0 Å². The van der Waals surface area contributed by atoms with Gasteiger partial charge in [-0.3, -0.25) is 0 Å². The molecule has 21 heavy (non-hydrogen) atoms. The van der Waals surface area contributed by atoms with Crippen molar-refractivity contribution in [2.24, 2.45) is 0 Å². The third-order valence-corrected chi connectivity index (χ3v) is 3.24. The summed E-state index contributed by atoms with van der Waals surface area (Å²) in [5, 5.41) is 11.0. The standard InChI is InChI=1S/C16H11F3O2/c17-16(18,19)12-6-3-5-11(8-12)15(20)14-9-10-4-1-2-7-13(10)21-14/h1-9,15,20H. The minimum atomic E-state index is -4.44. The molecular formula is C16H11F3O2. The third kappa shape index (κ3) is 2.64. The summed E-state index contributed by atoms with van der Waals surface area (Å²) < 4.78 is 43.6. The van der Waals surface area contributed by atoms with Crippen LogP contribution in [0.25, 0.3) is 11.0 Å². The molecule has 0 saturated carbocycles. The van der Waals surface area contributed by atoms with E-state index in [0.29, 0.717) is 5.58 Å². The Morgan fingerprint density at radius 2 is 1.71 bits per heavy atom. The molecule has 0 radical (unpaired) electrons. The van der Waals surface area contributed by atoms with Gasteiger partial charge in [-0.25, -0.2) is 0 Å². The van der Waals surface area contributed by atoms with E-state index >= 15 is 0 Å². The molecule has 2 aromatic carbocycles. The molecule has 0 amide bonds. The summed E-state index contributed by atoms with van der Waals surface area (Å²) in [5.74, 6) is 0.218. The fraction of sp³-hybridized carbons (Fsp3) is 0.125. The van der Waals surface area contributed by atoms with Crippen molar-refractivity contribution in [2.75, 3.05) is 0 Å². The van der Waals surface area contributed by atoms with Gasteiger partial charge in [-0.1, -0.05) is 30.3 Å². The van der Waals surface area contributed by atoms with Gasteiger partial charge in [0.05, 0.1) is 5.56 Å². The Morgan fingerprint density at radius 1 is 0.952 bits per heavy atom. The first kappa shape index (κ1) is 13.7. The Balaban J connectivity index is 1.99. The Morgan fingerprint density at radius 3 is 2.43 bits per heavy atom. The van der Waals surface area contributed by atoms with E-state index in [1.165, 1.54) is 12.1 Å². The van der Waals surface area contributed by atoms with Gasteiger partial charge in [-0.15, -0.1) is 0 Å². The number of fused-ring (bicyclic) bond motifs is 1. The summed E-state index contributed by atoms with van der Waals surface area (Å²) >= 11 is 0. The van der Waals surface area contributed by atoms with Crippen LogP contribution in [0.2, 0.25) is 0 Å². The number of hydrogen-bond acceptors (Lipinski definition) is 2. The highest BCUT2D eigenvalue weighted by atomic mass is 19.4. The lowest BCUT2D eigenvalue weighted by molar-refractivity contribution is -0.137. The van der Waals surface area contributed by atoms with E-state index < -0.39 is 17.8 Å². The number of rotatable bonds is 2. The molecule has 3 rings (SSSR count). The molecule has 0 saturated heterocycles. The Bertz CT molecular complexity index is 741. The Labute approximate surface area is 118 Å². The fourth-order valence-electron chi connectivity index (χ4n) is 2.19. The quantitative estimate of drug-likeness (QED) is 0.752. The van der Waals surface area contributed by atoms with Gasteiger partial charge in [-0.2, -0.15) is 13.2 Å². The molecule has 108 valence electrons. The normalized spacial score (nSPS) is 13.5. The van der Waals surface area contributed by atoms with Crippen LogP contribution in [-0.2, 0) is 6.18 Å². The van der Waals surface area contributed by atoms with E-state index in [1.807, 2.05) is 6.07 Å². The minimum Gasteiger partial charge on any atom is -0.458 e. The highest BCUT2D eigenvalue weighted by Crippen LogP contribution is 2.33. The summed E-state index contributed by atoms with van der Waals surface area (Å²) in [5.41, 5.74) is -0.0717. The predicted molar refractivity (Wildman–Crippen MR) is 71.7 cm³/mol. The molecule has 5 heteroatoms. The highest BCUT2D eigenvalue weighted by molar-refractivity contribution is 5.77. The average molecular weight is 292 g/mol. The number of alkyl halides is 3. The fourth-order valence-corrected chi connectivity index (χ4v) is 2.19. The van der Waals surface area contributed by atoms with E-state index in [1.54, 1.807) is 24.3 Å². The molecule has 1 unspecified atom stereocenters. The first-order valence-corrected chi connectivity index (χ1v) is 6.29. The van der Waals surface area contributed by atoms with Crippen LogP contribution < -0.4 is 0 Å². The van der Waals surface area contributed by atoms with E-state index in [-0.39, 0.29) is 11.3 Å². The van der Waals surface area contributed by atoms with Crippen molar-refractivity contribution in [2.45, 2.75) is 12.3 Å². The molecule has 0 aliphatic heterocycles. The Hall–Kier alpha value is -2.27. The second-order valence-corrected chi connectivity index (χ2v) is 4.71. The first-order chi connectivity index (χ1) is 9.95. The number of benzene rings is 2. The summed E-state index contributed by atoms with van der Waals surface area (Å²) in [7, 11) is 0. The molecule has 1 aromatic heterocycles. The zero-order valence-corrected chi connectivity index (χ0v) is 10.8. The topological polar surface area (TPSA) is 33.4 Å². The van der Waals surface area contributed by atoms with Gasteiger partial charge in [0.1, 0.15) is 17.4 Å². The summed E-state index contributed by atoms with van der Waals surface area (Å²) in [6.07, 6.45) is -5.68. The lowest BCUT2D eigenvalue weighted by atomic mass is 10.0. The molecular weight excluding hydrogens is 281 g/mol. The summed E-state index contributed by atoms with van der Waals surface area (Å²) in [4.78, 5) is 0. The SMILES string of the molecule is OC(c1cccc(C(F)(F)F)c1)c1cc2ccccc2o1. The number of furan rings is 1. The van der Waals surface area contributed by atoms with Crippen molar-refractivity contribution in [3.05, 3.63) is 71.5 Å². The largest absolute Gasteiger partial charge is 0.458 e. The third-order valence-electron chi connectivity index (χ3n) is 3.24. The van der Waals surface area contributed by atoms with Crippen molar-refractivity contribution < 1.29 is 22.7 Å². The molecule has 1 atom stereocenters. The molecule has 0 bridgehead atoms. The molecule has 0 fully saturated rings. The van der Waals surface area contributed by atoms with Crippen molar-refractivity contribution in [3.8, 4) is 0 Å². The van der Waals surface area contributed by atoms with Crippen LogP contribution >= 0.6 is 0 Å². The van der Waals surface area contributed by atoms with Crippen LogP contribution in [0, 0.1) is 0 Å². The molecule has 2 nitrogen and oxygen atoms in total. The molecule has 0 aliphatic rings. The van der Waals surface area contributed by atoms with Gasteiger partial charge < -0.3 is 9.52 Å². The van der Waals surface area contributed by atoms with Gasteiger partial charge in [0, 0.05) is 5.39 Å². The molecule has 1 N–H and O–H groups in total. The predicted octanol–water partition coefficient (Wildman–Crippen LogP) is 4.53. The average Bonchev–Trinajstić information content (AvgIpc) is 2.89. The Kier molecular flexibility index (Phi) is 3.22. The first-order valence-electron chi connectivity index (χ1n) is 6.29. The van der Waals surface area contributed by atoms with Crippen LogP contribution in [0.5, 0.6) is 0 Å². The maximum Gasteiger partial charge on any atom is 0.416 e. The second kappa shape index (κ2) is 4.93. The molecule has 0 aliphatic carbocycles. The number of halogens is 3. The molecule has 0 spiro atoms. The van der Waals surface area contributed by atoms with Gasteiger partial charge in [0.2, 0.25) is 0 Å². The van der Waals surface area contributed by atoms with Crippen molar-refractivity contribution >= 4 is 11.0 Å². The maximum atomic E-state index is 12.7. The lowest BCUT2D eigenvalue weighted by Crippen LogP contribution is -2.07. The zero-order valence-electron chi connectivity index (χ0n) is 10.8. The lowest BCUT2D eigenvalue weighted by Gasteiger charge is -2.11. The van der Waals surface area contributed by atoms with Crippen LogP contribution in [-0.4, -0.2) is 5.11 Å². The minimum absolute atomic E-state index is 0.142. The van der Waals surface area contributed by atoms with Crippen molar-refractivity contribution in [3.63, 3.8) is 0 Å². The van der Waals surface area contributed by atoms with Gasteiger partial charge in [0.15, 0.2) is 0 Å². The van der Waals surface area contributed by atoms with Gasteiger partial charge in [0.25, 0.3) is 0 Å². The van der Waals surface area contributed by atoms with Crippen LogP contribution in [0.15, 0.2) is 59.0 Å². The van der Waals surface area contributed by atoms with Crippen LogP contribution in [0.3, 0.4) is 0 Å². The second-order valence-electron chi connectivity index (χ2n) is 4.71. The number of aliphatic hydroxyl groups excluding tert-OH is 1. The van der Waals surface area contributed by atoms with E-state index in [0.717, 1.165) is 17.5 Å². The number of aliphatic hydroxyl groups is 1. The smallest absolute Gasteiger partial charge is 0.416 e. The number of para-hydroxylation sites is 1. The van der Waals surface area contributed by atoms with Crippen LogP contribution in [0.1, 0.15) is 23.0 Å². The summed E-state index contributed by atoms with van der Waals surface area (Å²) in [6.45, 7) is 0. The van der Waals surface area contributed by atoms with E-state index in [2.05, 4.69) is 0 Å². The summed E-state index contributed by atoms with van der Waals surface area (Å²) in [6, 6.07) is 13.4. The molecule has 3 aromatic rings. The number of hydrogen-bond donors (Lipinski definition) is 1. The maximum absolute atomic E-state index is 12.7. The van der Waals surface area contributed by atoms with Crippen molar-refractivity contribution in [1.82, 2.24) is 0 Å². The van der Waals surface area contributed by atoms with E-state index in [4.69, 9.17) is 4.42 Å². The van der Waals surface area contributed by atoms with E-state index in [9.17, 15) is 18.3 Å². The zero-order chi connectivity index (χ0) is 15.0. The molecule has 1 heterocycles. The van der Waals surface area contributed by atoms with Crippen LogP contribution in [0.4, 0.5) is 13.2 Å². The van der Waals surface area contributed by atoms with Gasteiger partial charge in [-0.05, 0) is 29.8 Å². The highest BCUT2D eigenvalue weighted by Gasteiger charge is 2.31. The monoisotopic (exact) mass is 292 g/mol.